The highest BCUT2D eigenvalue weighted by Crippen LogP contribution is 2.40. The number of hydrogen-bond donors (Lipinski definition) is 2. The first-order valence-electron chi connectivity index (χ1n) is 7.56. The molecule has 3 atom stereocenters. The largest absolute Gasteiger partial charge is 0.394 e. The van der Waals surface area contributed by atoms with Crippen LogP contribution in [0, 0.1) is 17.1 Å². The number of hydrogen-bond acceptors (Lipinski definition) is 3. The van der Waals surface area contributed by atoms with Gasteiger partial charge in [-0.05, 0) is 23.8 Å². The fraction of sp³-hybridized carbons (Fsp3) is 0.222. The molecule has 0 bridgehead atoms. The molecule has 1 saturated heterocycles. The van der Waals surface area contributed by atoms with Crippen molar-refractivity contribution in [3.63, 3.8) is 0 Å². The second-order valence-electron chi connectivity index (χ2n) is 5.61. The molecule has 0 spiro atoms. The predicted molar refractivity (Wildman–Crippen MR) is 86.7 cm³/mol. The van der Waals surface area contributed by atoms with Crippen molar-refractivity contribution in [2.75, 3.05) is 11.9 Å². The van der Waals surface area contributed by atoms with Crippen molar-refractivity contribution in [1.82, 2.24) is 4.90 Å². The van der Waals surface area contributed by atoms with Gasteiger partial charge in [0.05, 0.1) is 18.7 Å². The van der Waals surface area contributed by atoms with Gasteiger partial charge in [-0.3, -0.25) is 0 Å². The lowest BCUT2D eigenvalue weighted by molar-refractivity contribution is 0.0224. The number of anilines is 1. The molecule has 24 heavy (non-hydrogen) atoms. The summed E-state index contributed by atoms with van der Waals surface area (Å²) in [6, 6.07) is 15.3. The van der Waals surface area contributed by atoms with Gasteiger partial charge in [-0.2, -0.15) is 5.26 Å². The lowest BCUT2D eigenvalue weighted by Gasteiger charge is -2.51. The zero-order valence-corrected chi connectivity index (χ0v) is 12.8. The molecule has 2 amide bonds. The predicted octanol–water partition coefficient (Wildman–Crippen LogP) is 2.71. The fourth-order valence-corrected chi connectivity index (χ4v) is 3.12. The van der Waals surface area contributed by atoms with Crippen molar-refractivity contribution in [1.29, 1.82) is 5.26 Å². The number of rotatable bonds is 3. The lowest BCUT2D eigenvalue weighted by Crippen LogP contribution is -2.66. The molecule has 1 heterocycles. The van der Waals surface area contributed by atoms with Gasteiger partial charge in [0.15, 0.2) is 0 Å². The molecule has 6 heteroatoms. The standard InChI is InChI=1S/C18H16FN3O2/c19-13-7-4-8-14(9-13)21-18(24)22-15(10-20)17(16(22)11-23)12-5-2-1-3-6-12/h1-9,15-17,23H,11H2,(H,21,24)/t15-,16-,17+/m0/s1. The zero-order valence-electron chi connectivity index (χ0n) is 12.8. The first-order valence-corrected chi connectivity index (χ1v) is 7.56. The first kappa shape index (κ1) is 16.0. The Balaban J connectivity index is 1.80. The van der Waals surface area contributed by atoms with Gasteiger partial charge in [-0.1, -0.05) is 36.4 Å². The Kier molecular flexibility index (Phi) is 4.45. The molecule has 2 aromatic rings. The Bertz CT molecular complexity index is 775. The van der Waals surface area contributed by atoms with E-state index in [4.69, 9.17) is 0 Å². The molecule has 0 aromatic heterocycles. The minimum atomic E-state index is -0.682. The Morgan fingerprint density at radius 2 is 2.00 bits per heavy atom. The molecule has 5 nitrogen and oxygen atoms in total. The van der Waals surface area contributed by atoms with Crippen LogP contribution in [0.4, 0.5) is 14.9 Å². The molecular weight excluding hydrogens is 309 g/mol. The number of urea groups is 1. The Hall–Kier alpha value is -2.91. The number of carbonyl (C=O) groups is 1. The van der Waals surface area contributed by atoms with Crippen LogP contribution in [0.2, 0.25) is 0 Å². The third kappa shape index (κ3) is 2.82. The maximum absolute atomic E-state index is 13.2. The van der Waals surface area contributed by atoms with Crippen molar-refractivity contribution < 1.29 is 14.3 Å². The molecule has 0 radical (unpaired) electrons. The Morgan fingerprint density at radius 1 is 1.25 bits per heavy atom. The van der Waals surface area contributed by atoms with Gasteiger partial charge < -0.3 is 15.3 Å². The van der Waals surface area contributed by atoms with Crippen molar-refractivity contribution in [2.45, 2.75) is 18.0 Å². The maximum Gasteiger partial charge on any atom is 0.323 e. The van der Waals surface area contributed by atoms with Gasteiger partial charge in [0.1, 0.15) is 11.9 Å². The highest BCUT2D eigenvalue weighted by atomic mass is 19.1. The monoisotopic (exact) mass is 325 g/mol. The molecule has 1 aliphatic rings. The molecule has 2 N–H and O–H groups in total. The van der Waals surface area contributed by atoms with E-state index in [1.165, 1.54) is 23.1 Å². The smallest absolute Gasteiger partial charge is 0.323 e. The van der Waals surface area contributed by atoms with E-state index in [-0.39, 0.29) is 12.5 Å². The summed E-state index contributed by atoms with van der Waals surface area (Å²) in [5.74, 6) is -0.714. The molecule has 0 saturated carbocycles. The summed E-state index contributed by atoms with van der Waals surface area (Å²) in [5.41, 5.74) is 1.20. The topological polar surface area (TPSA) is 76.4 Å². The number of carbonyl (C=O) groups excluding carboxylic acids is 1. The highest BCUT2D eigenvalue weighted by Gasteiger charge is 2.51. The number of benzene rings is 2. The number of aliphatic hydroxyl groups excluding tert-OH is 1. The summed E-state index contributed by atoms with van der Waals surface area (Å²) in [6.45, 7) is -0.256. The second-order valence-corrected chi connectivity index (χ2v) is 5.61. The zero-order chi connectivity index (χ0) is 17.1. The average Bonchev–Trinajstić information content (AvgIpc) is 2.55. The van der Waals surface area contributed by atoms with E-state index in [1.54, 1.807) is 6.07 Å². The van der Waals surface area contributed by atoms with Crippen LogP contribution in [-0.4, -0.2) is 34.7 Å². The van der Waals surface area contributed by atoms with E-state index in [0.717, 1.165) is 5.56 Å². The summed E-state index contributed by atoms with van der Waals surface area (Å²) in [4.78, 5) is 13.8. The number of nitriles is 1. The molecule has 1 aliphatic heterocycles. The molecule has 122 valence electrons. The third-order valence-electron chi connectivity index (χ3n) is 4.23. The minimum Gasteiger partial charge on any atom is -0.394 e. The van der Waals surface area contributed by atoms with E-state index in [0.29, 0.717) is 5.69 Å². The summed E-state index contributed by atoms with van der Waals surface area (Å²) in [7, 11) is 0. The van der Waals surface area contributed by atoms with Crippen molar-refractivity contribution in [3.8, 4) is 6.07 Å². The van der Waals surface area contributed by atoms with Crippen LogP contribution in [0.15, 0.2) is 54.6 Å². The van der Waals surface area contributed by atoms with E-state index in [9.17, 15) is 19.6 Å². The van der Waals surface area contributed by atoms with E-state index in [2.05, 4.69) is 11.4 Å². The number of nitrogens with zero attached hydrogens (tertiary/aromatic N) is 2. The van der Waals surface area contributed by atoms with Gasteiger partial charge in [-0.25, -0.2) is 9.18 Å². The summed E-state index contributed by atoms with van der Waals surface area (Å²) in [5, 5.41) is 21.7. The van der Waals surface area contributed by atoms with Crippen LogP contribution in [0.25, 0.3) is 0 Å². The van der Waals surface area contributed by atoms with Gasteiger partial charge in [0.2, 0.25) is 0 Å². The van der Waals surface area contributed by atoms with Crippen LogP contribution in [0.1, 0.15) is 11.5 Å². The second kappa shape index (κ2) is 6.69. The Morgan fingerprint density at radius 3 is 2.62 bits per heavy atom. The van der Waals surface area contributed by atoms with E-state index < -0.39 is 23.9 Å². The maximum atomic E-state index is 13.2. The summed E-state index contributed by atoms with van der Waals surface area (Å²) < 4.78 is 13.2. The van der Waals surface area contributed by atoms with Gasteiger partial charge in [0.25, 0.3) is 0 Å². The van der Waals surface area contributed by atoms with Crippen LogP contribution in [0.5, 0.6) is 0 Å². The number of halogens is 1. The normalized spacial score (nSPS) is 22.4. The number of likely N-dealkylation sites (tertiary alicyclic amines) is 1. The highest BCUT2D eigenvalue weighted by molar-refractivity contribution is 5.91. The number of nitrogens with one attached hydrogen (secondary N) is 1. The van der Waals surface area contributed by atoms with Gasteiger partial charge >= 0.3 is 6.03 Å². The van der Waals surface area contributed by atoms with Gasteiger partial charge in [0, 0.05) is 11.6 Å². The molecule has 0 unspecified atom stereocenters. The average molecular weight is 325 g/mol. The Labute approximate surface area is 138 Å². The fourth-order valence-electron chi connectivity index (χ4n) is 3.12. The van der Waals surface area contributed by atoms with Crippen molar-refractivity contribution in [3.05, 3.63) is 66.0 Å². The SMILES string of the molecule is N#C[C@H]1[C@@H](c2ccccc2)[C@H](CO)N1C(=O)Nc1cccc(F)c1. The minimum absolute atomic E-state index is 0.251. The quantitative estimate of drug-likeness (QED) is 0.911. The summed E-state index contributed by atoms with van der Waals surface area (Å²) >= 11 is 0. The van der Waals surface area contributed by atoms with Crippen LogP contribution < -0.4 is 5.32 Å². The molecular formula is C18H16FN3O2. The molecule has 1 fully saturated rings. The van der Waals surface area contributed by atoms with E-state index >= 15 is 0 Å². The van der Waals surface area contributed by atoms with E-state index in [1.807, 2.05) is 30.3 Å². The summed E-state index contributed by atoms with van der Waals surface area (Å²) in [6.07, 6.45) is 0. The van der Waals surface area contributed by atoms with Crippen molar-refractivity contribution >= 4 is 11.7 Å². The van der Waals surface area contributed by atoms with Crippen molar-refractivity contribution in [2.24, 2.45) is 0 Å². The lowest BCUT2D eigenvalue weighted by atomic mass is 9.76. The number of amides is 2. The third-order valence-corrected chi connectivity index (χ3v) is 4.23. The van der Waals surface area contributed by atoms with Crippen LogP contribution in [0.3, 0.4) is 0 Å². The van der Waals surface area contributed by atoms with Crippen LogP contribution in [-0.2, 0) is 0 Å². The molecule has 3 rings (SSSR count). The van der Waals surface area contributed by atoms with Crippen LogP contribution >= 0.6 is 0 Å². The first-order chi connectivity index (χ1) is 11.7. The molecule has 0 aliphatic carbocycles. The molecule has 2 aromatic carbocycles. The van der Waals surface area contributed by atoms with Gasteiger partial charge in [-0.15, -0.1) is 0 Å². The number of aliphatic hydroxyl groups is 1.